The van der Waals surface area contributed by atoms with Crippen LogP contribution in [0.5, 0.6) is 0 Å². The number of likely N-dealkylation sites (N-methyl/N-ethyl adjacent to an activating group) is 1. The first-order valence-electron chi connectivity index (χ1n) is 7.56. The first kappa shape index (κ1) is 17.5. The number of rotatable bonds is 4. The van der Waals surface area contributed by atoms with Crippen LogP contribution in [0.1, 0.15) is 31.9 Å². The van der Waals surface area contributed by atoms with Gasteiger partial charge < -0.3 is 15.5 Å². The molecular weight excluding hydrogens is 321 g/mol. The molecule has 0 radical (unpaired) electrons. The molecule has 3 amide bonds. The van der Waals surface area contributed by atoms with E-state index in [-0.39, 0.29) is 11.8 Å². The average Bonchev–Trinajstić information content (AvgIpc) is 2.77. The maximum Gasteiger partial charge on any atom is 0.315 e. The summed E-state index contributed by atoms with van der Waals surface area (Å²) in [4.78, 5) is 25.6. The van der Waals surface area contributed by atoms with Gasteiger partial charge >= 0.3 is 6.03 Å². The summed E-state index contributed by atoms with van der Waals surface area (Å²) < 4.78 is 14.1. The summed E-state index contributed by atoms with van der Waals surface area (Å²) in [6.07, 6.45) is 0.574. The van der Waals surface area contributed by atoms with Crippen LogP contribution in [0.2, 0.25) is 5.02 Å². The van der Waals surface area contributed by atoms with Crippen molar-refractivity contribution in [1.29, 1.82) is 0 Å². The third-order valence-electron chi connectivity index (χ3n) is 3.98. The van der Waals surface area contributed by atoms with Crippen LogP contribution in [-0.2, 0) is 4.79 Å². The highest BCUT2D eigenvalue weighted by molar-refractivity contribution is 6.30. The summed E-state index contributed by atoms with van der Waals surface area (Å²) in [5, 5.41) is 5.71. The lowest BCUT2D eigenvalue weighted by Gasteiger charge is -2.24. The molecule has 1 aliphatic heterocycles. The highest BCUT2D eigenvalue weighted by Gasteiger charge is 2.31. The normalized spacial score (nSPS) is 19.1. The first-order valence-corrected chi connectivity index (χ1v) is 7.94. The van der Waals surface area contributed by atoms with Crippen molar-refractivity contribution in [3.05, 3.63) is 34.6 Å². The fourth-order valence-corrected chi connectivity index (χ4v) is 2.81. The van der Waals surface area contributed by atoms with Gasteiger partial charge in [-0.1, -0.05) is 31.5 Å². The predicted octanol–water partition coefficient (Wildman–Crippen LogP) is 2.71. The third kappa shape index (κ3) is 4.13. The van der Waals surface area contributed by atoms with Crippen LogP contribution in [-0.4, -0.2) is 36.5 Å². The Bertz CT molecular complexity index is 609. The Balaban J connectivity index is 2.07. The van der Waals surface area contributed by atoms with Crippen molar-refractivity contribution >= 4 is 23.5 Å². The van der Waals surface area contributed by atoms with E-state index in [1.54, 1.807) is 24.1 Å². The van der Waals surface area contributed by atoms with Crippen LogP contribution < -0.4 is 10.6 Å². The maximum absolute atomic E-state index is 14.1. The second kappa shape index (κ2) is 7.17. The van der Waals surface area contributed by atoms with Gasteiger partial charge in [0.25, 0.3) is 0 Å². The molecule has 2 rings (SSSR count). The molecule has 1 fully saturated rings. The lowest BCUT2D eigenvalue weighted by atomic mass is 9.95. The second-order valence-corrected chi connectivity index (χ2v) is 6.54. The number of carbonyl (C=O) groups excluding carboxylic acids is 2. The van der Waals surface area contributed by atoms with Crippen molar-refractivity contribution in [3.63, 3.8) is 0 Å². The Hall–Kier alpha value is -1.82. The zero-order valence-corrected chi connectivity index (χ0v) is 14.2. The van der Waals surface area contributed by atoms with Gasteiger partial charge in [-0.2, -0.15) is 0 Å². The van der Waals surface area contributed by atoms with E-state index in [9.17, 15) is 14.0 Å². The number of halogens is 2. The monoisotopic (exact) mass is 341 g/mol. The molecule has 5 nitrogen and oxygen atoms in total. The molecule has 0 unspecified atom stereocenters. The Morgan fingerprint density at radius 1 is 1.43 bits per heavy atom. The lowest BCUT2D eigenvalue weighted by Crippen LogP contribution is -2.47. The van der Waals surface area contributed by atoms with Crippen molar-refractivity contribution in [3.8, 4) is 0 Å². The van der Waals surface area contributed by atoms with Crippen LogP contribution in [0.25, 0.3) is 0 Å². The number of nitrogens with one attached hydrogen (secondary N) is 2. The van der Waals surface area contributed by atoms with Gasteiger partial charge in [-0.15, -0.1) is 0 Å². The molecule has 0 aliphatic carbocycles. The highest BCUT2D eigenvalue weighted by Crippen LogP contribution is 2.26. The molecule has 1 heterocycles. The van der Waals surface area contributed by atoms with Crippen molar-refractivity contribution in [2.75, 3.05) is 13.6 Å². The molecule has 0 aromatic heterocycles. The van der Waals surface area contributed by atoms with Crippen molar-refractivity contribution < 1.29 is 14.0 Å². The minimum absolute atomic E-state index is 0.0293. The second-order valence-electron chi connectivity index (χ2n) is 6.11. The summed E-state index contributed by atoms with van der Waals surface area (Å²) in [6.45, 7) is 4.38. The SMILES string of the molecule is CC(C)[C@H](NC(=O)N[C@H]1CCN(C)C1=O)c1ccc(Cl)cc1F. The molecule has 1 saturated heterocycles. The van der Waals surface area contributed by atoms with E-state index < -0.39 is 23.9 Å². The summed E-state index contributed by atoms with van der Waals surface area (Å²) in [7, 11) is 1.70. The van der Waals surface area contributed by atoms with Crippen molar-refractivity contribution in [1.82, 2.24) is 15.5 Å². The number of amides is 3. The van der Waals surface area contributed by atoms with Gasteiger partial charge in [-0.3, -0.25) is 4.79 Å². The molecule has 7 heteroatoms. The third-order valence-corrected chi connectivity index (χ3v) is 4.22. The first-order chi connectivity index (χ1) is 10.8. The number of likely N-dealkylation sites (tertiary alicyclic amines) is 1. The van der Waals surface area contributed by atoms with Crippen molar-refractivity contribution in [2.24, 2.45) is 5.92 Å². The number of carbonyl (C=O) groups is 2. The number of benzene rings is 1. The molecule has 2 atom stereocenters. The summed E-state index contributed by atoms with van der Waals surface area (Å²) in [5.41, 5.74) is 0.370. The van der Waals surface area contributed by atoms with Gasteiger partial charge in [-0.05, 0) is 24.5 Å². The summed E-state index contributed by atoms with van der Waals surface area (Å²) >= 11 is 5.77. The van der Waals surface area contributed by atoms with Gasteiger partial charge in [0, 0.05) is 24.2 Å². The minimum Gasteiger partial charge on any atom is -0.344 e. The Labute approximate surface area is 140 Å². The van der Waals surface area contributed by atoms with E-state index in [4.69, 9.17) is 11.6 Å². The van der Waals surface area contributed by atoms with E-state index in [1.807, 2.05) is 13.8 Å². The molecule has 1 aromatic carbocycles. The van der Waals surface area contributed by atoms with Crippen LogP contribution >= 0.6 is 11.6 Å². The van der Waals surface area contributed by atoms with Gasteiger partial charge in [0.15, 0.2) is 0 Å². The zero-order chi connectivity index (χ0) is 17.1. The molecule has 126 valence electrons. The van der Waals surface area contributed by atoms with Gasteiger partial charge in [0.2, 0.25) is 5.91 Å². The molecule has 23 heavy (non-hydrogen) atoms. The van der Waals surface area contributed by atoms with Crippen LogP contribution in [0, 0.1) is 11.7 Å². The highest BCUT2D eigenvalue weighted by atomic mass is 35.5. The van der Waals surface area contributed by atoms with E-state index in [0.717, 1.165) is 0 Å². The Morgan fingerprint density at radius 3 is 2.65 bits per heavy atom. The number of urea groups is 1. The smallest absolute Gasteiger partial charge is 0.315 e. The average molecular weight is 342 g/mol. The standard InChI is InChI=1S/C16H21ClFN3O2/c1-9(2)14(11-5-4-10(17)8-12(11)18)20-16(23)19-13-6-7-21(3)15(13)22/h4-5,8-9,13-14H,6-7H2,1-3H3,(H2,19,20,23)/t13-,14-/m0/s1. The molecule has 2 N–H and O–H groups in total. The van der Waals surface area contributed by atoms with E-state index in [0.29, 0.717) is 23.6 Å². The summed E-state index contributed by atoms with van der Waals surface area (Å²) in [6, 6.07) is 2.86. The molecule has 0 spiro atoms. The van der Waals surface area contributed by atoms with Gasteiger partial charge in [-0.25, -0.2) is 9.18 Å². The van der Waals surface area contributed by atoms with Crippen LogP contribution in [0.4, 0.5) is 9.18 Å². The predicted molar refractivity (Wildman–Crippen MR) is 86.7 cm³/mol. The Morgan fingerprint density at radius 2 is 2.13 bits per heavy atom. The zero-order valence-electron chi connectivity index (χ0n) is 13.4. The van der Waals surface area contributed by atoms with Crippen LogP contribution in [0.3, 0.4) is 0 Å². The van der Waals surface area contributed by atoms with Crippen molar-refractivity contribution in [2.45, 2.75) is 32.4 Å². The number of hydrogen-bond donors (Lipinski definition) is 2. The fraction of sp³-hybridized carbons (Fsp3) is 0.500. The van der Waals surface area contributed by atoms with Gasteiger partial charge in [0.1, 0.15) is 11.9 Å². The number of nitrogens with zero attached hydrogens (tertiary/aromatic N) is 1. The maximum atomic E-state index is 14.1. The molecular formula is C16H21ClFN3O2. The topological polar surface area (TPSA) is 61.4 Å². The van der Waals surface area contributed by atoms with Gasteiger partial charge in [0.05, 0.1) is 6.04 Å². The molecule has 0 saturated carbocycles. The van der Waals surface area contributed by atoms with Crippen LogP contribution in [0.15, 0.2) is 18.2 Å². The molecule has 0 bridgehead atoms. The van der Waals surface area contributed by atoms with E-state index >= 15 is 0 Å². The largest absolute Gasteiger partial charge is 0.344 e. The summed E-state index contributed by atoms with van der Waals surface area (Å²) in [5.74, 6) is -0.606. The van der Waals surface area contributed by atoms with E-state index in [2.05, 4.69) is 10.6 Å². The molecule has 1 aliphatic rings. The van der Waals surface area contributed by atoms with E-state index in [1.165, 1.54) is 6.07 Å². The Kier molecular flexibility index (Phi) is 5.46. The quantitative estimate of drug-likeness (QED) is 0.884. The fourth-order valence-electron chi connectivity index (χ4n) is 2.65. The molecule has 1 aromatic rings. The minimum atomic E-state index is -0.525. The lowest BCUT2D eigenvalue weighted by molar-refractivity contribution is -0.128. The number of hydrogen-bond acceptors (Lipinski definition) is 2.